The summed E-state index contributed by atoms with van der Waals surface area (Å²) in [7, 11) is 1.20. The summed E-state index contributed by atoms with van der Waals surface area (Å²) in [5.74, 6) is -1.68. The van der Waals surface area contributed by atoms with E-state index < -0.39 is 29.7 Å². The summed E-state index contributed by atoms with van der Waals surface area (Å²) >= 11 is 1.56. The van der Waals surface area contributed by atoms with Crippen molar-refractivity contribution in [2.45, 2.75) is 52.1 Å². The first-order valence-corrected chi connectivity index (χ1v) is 12.6. The highest BCUT2D eigenvalue weighted by Gasteiger charge is 2.32. The quantitative estimate of drug-likeness (QED) is 0.265. The van der Waals surface area contributed by atoms with Gasteiger partial charge in [0.2, 0.25) is 23.6 Å². The Balaban J connectivity index is -0.000000554. The molecule has 0 aliphatic carbocycles. The molecule has 0 aromatic carbocycles. The Bertz CT molecular complexity index is 667. The van der Waals surface area contributed by atoms with Crippen LogP contribution in [0.5, 0.6) is 0 Å². The Morgan fingerprint density at radius 1 is 1.06 bits per heavy atom. The number of nitrogens with zero attached hydrogens (tertiary/aromatic N) is 1. The Morgan fingerprint density at radius 3 is 2.24 bits per heavy atom. The van der Waals surface area contributed by atoms with Crippen LogP contribution in [0.3, 0.4) is 0 Å². The number of nitrogens with one attached hydrogen (secondary N) is 4. The summed E-state index contributed by atoms with van der Waals surface area (Å²) in [4.78, 5) is 61.7. The molecule has 4 N–H and O–H groups in total. The van der Waals surface area contributed by atoms with E-state index in [-0.39, 0.29) is 37.3 Å². The Morgan fingerprint density at radius 2 is 1.67 bits per heavy atom. The van der Waals surface area contributed by atoms with Gasteiger partial charge in [0.15, 0.2) is 0 Å². The van der Waals surface area contributed by atoms with Crippen LogP contribution < -0.4 is 21.3 Å². The molecule has 1 saturated heterocycles. The maximum atomic E-state index is 12.6. The van der Waals surface area contributed by atoms with Gasteiger partial charge in [0.1, 0.15) is 12.6 Å². The van der Waals surface area contributed by atoms with Gasteiger partial charge in [0, 0.05) is 5.71 Å². The fourth-order valence-corrected chi connectivity index (χ4v) is 3.58. The van der Waals surface area contributed by atoms with E-state index in [0.717, 1.165) is 25.9 Å². The fourth-order valence-electron chi connectivity index (χ4n) is 3.11. The Labute approximate surface area is 206 Å². The molecule has 4 amide bonds. The van der Waals surface area contributed by atoms with E-state index in [1.54, 1.807) is 11.8 Å². The first-order chi connectivity index (χ1) is 15.8. The molecule has 0 spiro atoms. The molecule has 1 aliphatic heterocycles. The van der Waals surface area contributed by atoms with E-state index >= 15 is 0 Å². The number of likely N-dealkylation sites (tertiary alicyclic amines) is 1. The summed E-state index contributed by atoms with van der Waals surface area (Å²) in [6.45, 7) is 6.66. The highest BCUT2D eigenvalue weighted by molar-refractivity contribution is 7.98. The molecular formula is C21H47N5O6S. The third kappa shape index (κ3) is 12.5. The molecule has 1 aliphatic rings. The molecule has 11 nitrogen and oxygen atoms in total. The van der Waals surface area contributed by atoms with Crippen LogP contribution in [0.4, 0.5) is 0 Å². The molecule has 0 aromatic rings. The summed E-state index contributed by atoms with van der Waals surface area (Å²) in [5, 5.41) is 9.95. The number of thioether (sulfide) groups is 1. The van der Waals surface area contributed by atoms with Crippen molar-refractivity contribution in [1.29, 1.82) is 0 Å². The van der Waals surface area contributed by atoms with Gasteiger partial charge in [0.05, 0.1) is 26.2 Å². The van der Waals surface area contributed by atoms with E-state index in [1.807, 2.05) is 27.0 Å². The number of likely N-dealkylation sites (N-methyl/N-ethyl adjacent to an activating group) is 1. The lowest BCUT2D eigenvalue weighted by Crippen LogP contribution is -2.53. The Hall–Kier alpha value is -2.34. The van der Waals surface area contributed by atoms with Gasteiger partial charge in [-0.05, 0) is 44.4 Å². The number of amides is 4. The molecule has 0 bridgehead atoms. The van der Waals surface area contributed by atoms with Crippen LogP contribution >= 0.6 is 11.8 Å². The minimum Gasteiger partial charge on any atom is -0.468 e. The van der Waals surface area contributed by atoms with Crippen molar-refractivity contribution in [3.8, 4) is 0 Å². The van der Waals surface area contributed by atoms with E-state index in [2.05, 4.69) is 30.9 Å². The number of carbonyl (C=O) groups excluding carboxylic acids is 5. The molecule has 12 heteroatoms. The van der Waals surface area contributed by atoms with Gasteiger partial charge < -0.3 is 26.0 Å². The smallest absolute Gasteiger partial charge is 0.325 e. The molecule has 2 atom stereocenters. The van der Waals surface area contributed by atoms with Crippen LogP contribution in [0.2, 0.25) is 0 Å². The summed E-state index contributed by atoms with van der Waals surface area (Å²) in [5.41, 5.74) is 0. The average molecular weight is 498 g/mol. The number of methoxy groups -OCH3 is 1. The number of ether oxygens (including phenoxy) is 1. The maximum absolute atomic E-state index is 12.6. The molecule has 0 unspecified atom stereocenters. The van der Waals surface area contributed by atoms with Crippen LogP contribution in [0.1, 0.15) is 45.7 Å². The van der Waals surface area contributed by atoms with Crippen molar-refractivity contribution in [2.24, 2.45) is 0 Å². The van der Waals surface area contributed by atoms with E-state index in [4.69, 9.17) is 0 Å². The van der Waals surface area contributed by atoms with Gasteiger partial charge in [-0.2, -0.15) is 11.8 Å². The molecule has 0 aromatic heterocycles. The first kappa shape index (κ1) is 30.7. The highest BCUT2D eigenvalue weighted by Crippen LogP contribution is 2.17. The number of hydrogen-bond acceptors (Lipinski definition) is 8. The fraction of sp³-hybridized carbons (Fsp3) is 0.762. The van der Waals surface area contributed by atoms with Crippen LogP contribution in [0.25, 0.3) is 0 Å². The van der Waals surface area contributed by atoms with Crippen LogP contribution in [-0.2, 0) is 28.7 Å². The predicted molar refractivity (Wildman–Crippen MR) is 136 cm³/mol. The van der Waals surface area contributed by atoms with Crippen molar-refractivity contribution in [1.82, 2.24) is 26.2 Å². The second kappa shape index (κ2) is 18.1. The monoisotopic (exact) mass is 497 g/mol. The van der Waals surface area contributed by atoms with Gasteiger partial charge in [0.25, 0.3) is 0 Å². The van der Waals surface area contributed by atoms with Gasteiger partial charge in [-0.15, -0.1) is 0 Å². The van der Waals surface area contributed by atoms with E-state index in [0.29, 0.717) is 12.2 Å². The van der Waals surface area contributed by atoms with Gasteiger partial charge in [-0.25, -0.2) is 0 Å². The number of carbonyl (C=O) groups is 5. The summed E-state index contributed by atoms with van der Waals surface area (Å²) < 4.78 is 4.39. The van der Waals surface area contributed by atoms with E-state index in [1.165, 1.54) is 7.11 Å². The predicted octanol–water partition coefficient (Wildman–Crippen LogP) is 0.240. The van der Waals surface area contributed by atoms with E-state index in [9.17, 15) is 24.0 Å². The first-order valence-electron chi connectivity index (χ1n) is 11.2. The second-order valence-corrected chi connectivity index (χ2v) is 7.96. The third-order valence-corrected chi connectivity index (χ3v) is 5.49. The third-order valence-electron chi connectivity index (χ3n) is 4.84. The van der Waals surface area contributed by atoms with Gasteiger partial charge in [-0.3, -0.25) is 28.9 Å². The lowest BCUT2D eigenvalue weighted by Gasteiger charge is -2.25. The zero-order valence-electron chi connectivity index (χ0n) is 20.3. The minimum absolute atomic E-state index is 0. The van der Waals surface area contributed by atoms with Crippen molar-refractivity contribution in [2.75, 3.05) is 51.8 Å². The second-order valence-electron chi connectivity index (χ2n) is 6.98. The zero-order chi connectivity index (χ0) is 25.2. The number of hydrogen-bond donors (Lipinski definition) is 4. The normalized spacial score (nSPS) is 16.0. The molecule has 1 heterocycles. The van der Waals surface area contributed by atoms with Crippen molar-refractivity contribution in [3.05, 3.63) is 0 Å². The lowest BCUT2D eigenvalue weighted by molar-refractivity contribution is -0.141. The summed E-state index contributed by atoms with van der Waals surface area (Å²) in [6, 6.07) is -0.975. The standard InChI is InChI=1S/C19H33N5O6S.C2H6.4H2/c1-4-24-8-5-6-14(24)19(29)23-13(7-9-31-3)18(28)22-11-16(26)20-10-15(25)21-12-17(27)30-2;1-2;;;;/h13-14H,4-12H2,1-3H3,(H,20,26)(H,21,25)(H,22,28)(H,23,29);1-2H3;4*1H/t13-,14-;;;;;/m0...../s1. The molecule has 198 valence electrons. The highest BCUT2D eigenvalue weighted by atomic mass is 32.2. The van der Waals surface area contributed by atoms with Gasteiger partial charge >= 0.3 is 5.97 Å². The molecule has 1 fully saturated rings. The van der Waals surface area contributed by atoms with Crippen LogP contribution in [0.15, 0.2) is 0 Å². The topological polar surface area (TPSA) is 146 Å². The number of esters is 1. The molecule has 0 saturated carbocycles. The van der Waals surface area contributed by atoms with Gasteiger partial charge in [-0.1, -0.05) is 20.8 Å². The average Bonchev–Trinajstić information content (AvgIpc) is 3.32. The maximum Gasteiger partial charge on any atom is 0.325 e. The van der Waals surface area contributed by atoms with Crippen LogP contribution in [-0.4, -0.2) is 98.4 Å². The minimum atomic E-state index is -0.740. The SMILES string of the molecule is CC.CCN1CCC[C@H]1C(=O)N[C@@H](CCSC)C(=O)NCC(=O)NCC(=O)NCC(=O)OC.[HH].[HH].[HH].[HH]. The Kier molecular flexibility index (Phi) is 16.8. The molecule has 1 rings (SSSR count). The molecular weight excluding hydrogens is 450 g/mol. The lowest BCUT2D eigenvalue weighted by atomic mass is 10.1. The number of rotatable bonds is 13. The molecule has 33 heavy (non-hydrogen) atoms. The molecule has 0 radical (unpaired) electrons. The summed E-state index contributed by atoms with van der Waals surface area (Å²) in [6.07, 6.45) is 4.05. The van der Waals surface area contributed by atoms with Crippen molar-refractivity contribution >= 4 is 41.4 Å². The zero-order valence-corrected chi connectivity index (χ0v) is 21.1. The largest absolute Gasteiger partial charge is 0.468 e. The van der Waals surface area contributed by atoms with Crippen molar-refractivity contribution in [3.63, 3.8) is 0 Å². The van der Waals surface area contributed by atoms with Crippen molar-refractivity contribution < 1.29 is 34.4 Å². The van der Waals surface area contributed by atoms with Crippen LogP contribution in [0, 0.1) is 0 Å².